The molecule has 0 aromatic heterocycles. The molecule has 25 heavy (non-hydrogen) atoms. The van der Waals surface area contributed by atoms with Gasteiger partial charge in [-0.3, -0.25) is 4.79 Å². The van der Waals surface area contributed by atoms with E-state index in [1.165, 1.54) is 0 Å². The lowest BCUT2D eigenvalue weighted by molar-refractivity contribution is -0.126. The number of anilines is 1. The van der Waals surface area contributed by atoms with Crippen LogP contribution in [-0.4, -0.2) is 31.4 Å². The van der Waals surface area contributed by atoms with Crippen molar-refractivity contribution in [3.8, 4) is 11.5 Å². The number of benzene rings is 2. The molecule has 1 amide bonds. The predicted octanol–water partition coefficient (Wildman–Crippen LogP) is 3.60. The van der Waals surface area contributed by atoms with Crippen molar-refractivity contribution in [2.75, 3.05) is 18.5 Å². The fourth-order valence-electron chi connectivity index (χ4n) is 2.14. The third-order valence-corrected chi connectivity index (χ3v) is 4.00. The highest BCUT2D eigenvalue weighted by atomic mass is 79.9. The molecule has 2 aromatic rings. The molecule has 130 valence electrons. The number of oxime groups is 1. The predicted molar refractivity (Wildman–Crippen MR) is 98.3 cm³/mol. The molecule has 2 aromatic carbocycles. The number of carbonyl (C=O) groups excluding carboxylic acids is 1. The highest BCUT2D eigenvalue weighted by Gasteiger charge is 2.17. The molecule has 0 radical (unpaired) electrons. The van der Waals surface area contributed by atoms with Gasteiger partial charge in [0.25, 0.3) is 5.91 Å². The molecule has 0 spiro atoms. The first-order chi connectivity index (χ1) is 12.1. The molecule has 0 saturated carbocycles. The Morgan fingerprint density at radius 1 is 1.20 bits per heavy atom. The first kappa shape index (κ1) is 17.3. The highest BCUT2D eigenvalue weighted by molar-refractivity contribution is 9.10. The molecule has 0 bridgehead atoms. The summed E-state index contributed by atoms with van der Waals surface area (Å²) in [7, 11) is 0. The number of nitrogens with zero attached hydrogens (tertiary/aromatic N) is 1. The van der Waals surface area contributed by atoms with Gasteiger partial charge in [0.05, 0.1) is 6.21 Å². The number of fused-ring (bicyclic) bond motifs is 1. The van der Waals surface area contributed by atoms with Crippen LogP contribution >= 0.6 is 15.9 Å². The van der Waals surface area contributed by atoms with Crippen molar-refractivity contribution in [3.05, 3.63) is 52.5 Å². The van der Waals surface area contributed by atoms with Crippen LogP contribution < -0.4 is 14.8 Å². The van der Waals surface area contributed by atoms with E-state index in [1.807, 2.05) is 24.3 Å². The largest absolute Gasteiger partial charge is 0.486 e. The van der Waals surface area contributed by atoms with Crippen molar-refractivity contribution in [2.45, 2.75) is 13.0 Å². The minimum absolute atomic E-state index is 0.301. The van der Waals surface area contributed by atoms with Crippen molar-refractivity contribution in [1.29, 1.82) is 0 Å². The second-order valence-electron chi connectivity index (χ2n) is 5.38. The molecule has 0 unspecified atom stereocenters. The summed E-state index contributed by atoms with van der Waals surface area (Å²) < 4.78 is 11.9. The number of rotatable bonds is 5. The Bertz CT molecular complexity index is 777. The van der Waals surface area contributed by atoms with E-state index in [4.69, 9.17) is 14.3 Å². The Morgan fingerprint density at radius 3 is 2.68 bits per heavy atom. The van der Waals surface area contributed by atoms with Gasteiger partial charge in [0.15, 0.2) is 11.5 Å². The van der Waals surface area contributed by atoms with Crippen LogP contribution in [0.15, 0.2) is 52.1 Å². The number of amides is 1. The topological polar surface area (TPSA) is 69.2 Å². The van der Waals surface area contributed by atoms with E-state index in [0.29, 0.717) is 30.4 Å². The van der Waals surface area contributed by atoms with Crippen molar-refractivity contribution in [1.82, 2.24) is 0 Å². The number of ether oxygens (including phenoxy) is 2. The summed E-state index contributed by atoms with van der Waals surface area (Å²) >= 11 is 3.36. The molecular formula is C18H17BrN2O4. The molecule has 0 fully saturated rings. The fourth-order valence-corrected chi connectivity index (χ4v) is 2.41. The van der Waals surface area contributed by atoms with Crippen molar-refractivity contribution < 1.29 is 19.1 Å². The summed E-state index contributed by atoms with van der Waals surface area (Å²) in [5.74, 6) is 0.989. The van der Waals surface area contributed by atoms with Crippen LogP contribution in [0.1, 0.15) is 12.5 Å². The van der Waals surface area contributed by atoms with Crippen LogP contribution in [0.3, 0.4) is 0 Å². The molecular weight excluding hydrogens is 388 g/mol. The number of carbonyl (C=O) groups is 1. The molecule has 1 aliphatic heterocycles. The van der Waals surface area contributed by atoms with Gasteiger partial charge in [-0.1, -0.05) is 33.2 Å². The van der Waals surface area contributed by atoms with Gasteiger partial charge in [-0.25, -0.2) is 0 Å². The molecule has 6 nitrogen and oxygen atoms in total. The van der Waals surface area contributed by atoms with Gasteiger partial charge in [0.1, 0.15) is 13.2 Å². The summed E-state index contributed by atoms with van der Waals surface area (Å²) in [6.45, 7) is 2.65. The molecule has 1 aliphatic rings. The molecule has 1 N–H and O–H groups in total. The van der Waals surface area contributed by atoms with Crippen molar-refractivity contribution in [3.63, 3.8) is 0 Å². The second-order valence-corrected chi connectivity index (χ2v) is 6.30. The average Bonchev–Trinajstić information content (AvgIpc) is 2.63. The minimum Gasteiger partial charge on any atom is -0.486 e. The normalized spacial score (nSPS) is 14.2. The molecule has 0 saturated heterocycles. The lowest BCUT2D eigenvalue weighted by atomic mass is 10.2. The minimum atomic E-state index is -0.736. The van der Waals surface area contributed by atoms with Gasteiger partial charge >= 0.3 is 0 Å². The summed E-state index contributed by atoms with van der Waals surface area (Å²) in [5, 5.41) is 6.63. The summed E-state index contributed by atoms with van der Waals surface area (Å²) in [6.07, 6.45) is 0.820. The number of hydrogen-bond acceptors (Lipinski definition) is 5. The average molecular weight is 405 g/mol. The number of halogens is 1. The quantitative estimate of drug-likeness (QED) is 0.610. The Hall–Kier alpha value is -2.54. The van der Waals surface area contributed by atoms with E-state index in [0.717, 1.165) is 10.0 Å². The van der Waals surface area contributed by atoms with Gasteiger partial charge in [-0.15, -0.1) is 0 Å². The molecule has 1 heterocycles. The van der Waals surface area contributed by atoms with Gasteiger partial charge in [-0.05, 0) is 36.8 Å². The van der Waals surface area contributed by atoms with E-state index in [2.05, 4.69) is 26.4 Å². The van der Waals surface area contributed by atoms with Crippen LogP contribution in [-0.2, 0) is 9.63 Å². The third kappa shape index (κ3) is 4.73. The standard InChI is InChI=1S/C18H17BrN2O4/c1-12(25-20-11-13-2-4-14(19)5-3-13)18(22)21-15-6-7-16-17(10-15)24-9-8-23-16/h2-7,10-12H,8-9H2,1H3,(H,21,22)/b20-11-/t12-/m1/s1. The van der Waals surface area contributed by atoms with E-state index in [9.17, 15) is 4.79 Å². The van der Waals surface area contributed by atoms with Gasteiger partial charge < -0.3 is 19.6 Å². The van der Waals surface area contributed by atoms with Crippen LogP contribution in [0.2, 0.25) is 0 Å². The van der Waals surface area contributed by atoms with Gasteiger partial charge in [0.2, 0.25) is 6.10 Å². The lowest BCUT2D eigenvalue weighted by Crippen LogP contribution is -2.26. The summed E-state index contributed by atoms with van der Waals surface area (Å²) in [4.78, 5) is 17.4. The maximum Gasteiger partial charge on any atom is 0.267 e. The zero-order valence-corrected chi connectivity index (χ0v) is 15.2. The van der Waals surface area contributed by atoms with E-state index < -0.39 is 6.10 Å². The zero-order chi connectivity index (χ0) is 17.6. The highest BCUT2D eigenvalue weighted by Crippen LogP contribution is 2.32. The maximum absolute atomic E-state index is 12.2. The molecule has 0 aliphatic carbocycles. The maximum atomic E-state index is 12.2. The molecule has 7 heteroatoms. The Kier molecular flexibility index (Phi) is 5.55. The number of nitrogens with one attached hydrogen (secondary N) is 1. The summed E-state index contributed by atoms with van der Waals surface area (Å²) in [6, 6.07) is 12.8. The Labute approximate surface area is 153 Å². The van der Waals surface area contributed by atoms with E-state index in [1.54, 1.807) is 31.3 Å². The fraction of sp³-hybridized carbons (Fsp3) is 0.222. The SMILES string of the molecule is C[C@@H](O/N=C\c1ccc(Br)cc1)C(=O)Nc1ccc2c(c1)OCCO2. The lowest BCUT2D eigenvalue weighted by Gasteiger charge is -2.19. The van der Waals surface area contributed by atoms with Gasteiger partial charge in [0, 0.05) is 16.2 Å². The van der Waals surface area contributed by atoms with Crippen LogP contribution in [0.25, 0.3) is 0 Å². The Morgan fingerprint density at radius 2 is 1.92 bits per heavy atom. The van der Waals surface area contributed by atoms with Crippen LogP contribution in [0.5, 0.6) is 11.5 Å². The van der Waals surface area contributed by atoms with Gasteiger partial charge in [-0.2, -0.15) is 0 Å². The molecule has 1 atom stereocenters. The first-order valence-corrected chi connectivity index (χ1v) is 8.56. The Balaban J connectivity index is 1.54. The molecule has 3 rings (SSSR count). The monoisotopic (exact) mass is 404 g/mol. The van der Waals surface area contributed by atoms with Crippen LogP contribution in [0.4, 0.5) is 5.69 Å². The summed E-state index contributed by atoms with van der Waals surface area (Å²) in [5.41, 5.74) is 1.49. The first-order valence-electron chi connectivity index (χ1n) is 7.77. The smallest absolute Gasteiger partial charge is 0.267 e. The van der Waals surface area contributed by atoms with E-state index >= 15 is 0 Å². The van der Waals surface area contributed by atoms with Crippen molar-refractivity contribution >= 4 is 33.7 Å². The second kappa shape index (κ2) is 8.02. The van der Waals surface area contributed by atoms with Crippen LogP contribution in [0, 0.1) is 0 Å². The third-order valence-electron chi connectivity index (χ3n) is 3.47. The number of hydrogen-bond donors (Lipinski definition) is 1. The van der Waals surface area contributed by atoms with E-state index in [-0.39, 0.29) is 5.91 Å². The zero-order valence-electron chi connectivity index (χ0n) is 13.6. The van der Waals surface area contributed by atoms with Crippen molar-refractivity contribution in [2.24, 2.45) is 5.16 Å².